The van der Waals surface area contributed by atoms with Crippen molar-refractivity contribution in [3.63, 3.8) is 0 Å². The lowest BCUT2D eigenvalue weighted by atomic mass is 9.74. The van der Waals surface area contributed by atoms with Gasteiger partial charge >= 0.3 is 12.1 Å². The maximum Gasteiger partial charge on any atom is 0.411 e. The number of carbonyl (C=O) groups excluding carboxylic acids is 3. The second-order valence-corrected chi connectivity index (χ2v) is 25.4. The molecule has 1 amide bonds. The molecule has 4 saturated heterocycles. The summed E-state index contributed by atoms with van der Waals surface area (Å²) in [4.78, 5) is 52.0. The van der Waals surface area contributed by atoms with E-state index in [1.54, 1.807) is 74.4 Å². The van der Waals surface area contributed by atoms with Gasteiger partial charge in [-0.05, 0) is 101 Å². The molecule has 2 N–H and O–H groups in total. The van der Waals surface area contributed by atoms with E-state index in [9.17, 15) is 19.8 Å². The van der Waals surface area contributed by atoms with Gasteiger partial charge in [0, 0.05) is 103 Å². The Kier molecular flexibility index (Phi) is 24.3. The minimum absolute atomic E-state index is 0.0497. The number of aliphatic hydroxyl groups excluding tert-OH is 2. The van der Waals surface area contributed by atoms with Crippen molar-refractivity contribution in [1.82, 2.24) is 29.8 Å². The van der Waals surface area contributed by atoms with Crippen LogP contribution in [-0.2, 0) is 74.7 Å². The van der Waals surface area contributed by atoms with Crippen LogP contribution in [0.1, 0.15) is 117 Å². The van der Waals surface area contributed by atoms with Crippen LogP contribution in [0.4, 0.5) is 9.18 Å². The van der Waals surface area contributed by atoms with Crippen molar-refractivity contribution in [3.05, 3.63) is 65.7 Å². The lowest BCUT2D eigenvalue weighted by molar-refractivity contribution is -0.309. The highest BCUT2D eigenvalue weighted by Gasteiger charge is 2.61. The molecule has 4 aliphatic rings. The number of pyridine rings is 1. The number of carbonyl (C=O) groups is 3. The van der Waals surface area contributed by atoms with Crippen LogP contribution in [0, 0.1) is 23.7 Å². The van der Waals surface area contributed by atoms with Gasteiger partial charge in [-0.25, -0.2) is 13.9 Å². The minimum Gasteiger partial charge on any atom is -0.447 e. The number of fused-ring (bicyclic) bond motifs is 1. The molecule has 85 heavy (non-hydrogen) atoms. The molecule has 19 atom stereocenters. The van der Waals surface area contributed by atoms with E-state index in [0.29, 0.717) is 50.4 Å². The maximum atomic E-state index is 15.1. The number of hydrogen-bond donors (Lipinski definition) is 2. The highest BCUT2D eigenvalue weighted by atomic mass is 127. The van der Waals surface area contributed by atoms with Gasteiger partial charge in [-0.2, -0.15) is 0 Å². The molecular weight excluding hydrogens is 1220 g/mol. The zero-order chi connectivity index (χ0) is 62.1. The molecule has 0 aliphatic carbocycles. The Hall–Kier alpha value is -3.90. The number of halogens is 2. The number of esters is 1. The number of ether oxygens (including phenoxy) is 11. The van der Waals surface area contributed by atoms with Crippen LogP contribution in [0.3, 0.4) is 0 Å². The summed E-state index contributed by atoms with van der Waals surface area (Å²) in [7, 11) is 8.24. The number of hydrogen-bond acceptors (Lipinski definition) is 20. The zero-order valence-corrected chi connectivity index (χ0v) is 54.0. The summed E-state index contributed by atoms with van der Waals surface area (Å²) in [6.45, 7) is 16.9. The SMILES string of the molecule is COCCOCCN1C(=O)O[C@]2(C)[C@@H](I)OC(=O)[C@H](C)[C@@H](O[C@H]3C[C@@](C)(OC)[C@@H](O)[C@H](C)O3)[C@H](C)[C@@H](O[C@H]3C[C@@H](N(C)CCc4cn([C@H](CF)[C@H](OC)c5ccc(-c6ccc(CO)nc6)cc5)nn4)C[C@@H](C)O3)[C@](C)(OC)C[C@@H](C)C(=O)[C@H](C)[C@@H]12. The van der Waals surface area contributed by atoms with Crippen LogP contribution in [0.5, 0.6) is 0 Å². The van der Waals surface area contributed by atoms with Crippen LogP contribution >= 0.6 is 22.6 Å². The van der Waals surface area contributed by atoms with Crippen molar-refractivity contribution in [3.8, 4) is 11.1 Å². The van der Waals surface area contributed by atoms with Crippen LogP contribution in [-0.4, -0.2) is 209 Å². The fraction of sp³-hybridized carbons (Fsp3) is 0.738. The highest BCUT2D eigenvalue weighted by Crippen LogP contribution is 2.45. The first-order chi connectivity index (χ1) is 40.4. The van der Waals surface area contributed by atoms with E-state index in [1.807, 2.05) is 87.7 Å². The topological polar surface area (TPSA) is 243 Å². The molecule has 0 saturated carbocycles. The zero-order valence-electron chi connectivity index (χ0n) is 51.9. The lowest BCUT2D eigenvalue weighted by Gasteiger charge is -2.49. The molecule has 0 radical (unpaired) electrons. The molecule has 3 aromatic rings. The molecule has 1 aromatic carbocycles. The number of amides is 1. The summed E-state index contributed by atoms with van der Waals surface area (Å²) in [6.07, 6.45) is -1.67. The maximum absolute atomic E-state index is 15.1. The quantitative estimate of drug-likeness (QED) is 0.0411. The summed E-state index contributed by atoms with van der Waals surface area (Å²) in [5.74, 6) is -4.04. The van der Waals surface area contributed by atoms with Crippen molar-refractivity contribution in [2.24, 2.45) is 23.7 Å². The Balaban J connectivity index is 1.14. The van der Waals surface area contributed by atoms with E-state index in [4.69, 9.17) is 52.1 Å². The number of likely N-dealkylation sites (N-methyl/N-ethyl adjacent to an activating group) is 1. The van der Waals surface area contributed by atoms with Crippen molar-refractivity contribution < 1.29 is 81.1 Å². The molecule has 0 bridgehead atoms. The Morgan fingerprint density at radius 2 is 1.56 bits per heavy atom. The van der Waals surface area contributed by atoms with Gasteiger partial charge in [0.2, 0.25) is 0 Å². The van der Waals surface area contributed by atoms with E-state index in [2.05, 4.69) is 20.2 Å². The van der Waals surface area contributed by atoms with Gasteiger partial charge in [0.1, 0.15) is 30.7 Å². The Bertz CT molecular complexity index is 2630. The van der Waals surface area contributed by atoms with Gasteiger partial charge in [0.15, 0.2) is 22.3 Å². The van der Waals surface area contributed by atoms with Gasteiger partial charge in [-0.1, -0.05) is 56.3 Å². The normalized spacial score (nSPS) is 35.0. The number of Topliss-reactive ketones (excluding diaryl/α,β-unsaturated/α-hetero) is 1. The van der Waals surface area contributed by atoms with E-state index >= 15 is 9.18 Å². The lowest BCUT2D eigenvalue weighted by Crippen LogP contribution is -2.60. The number of aromatic nitrogens is 4. The first-order valence-electron chi connectivity index (χ1n) is 29.6. The second-order valence-electron chi connectivity index (χ2n) is 24.2. The number of benzene rings is 1. The molecule has 476 valence electrons. The van der Waals surface area contributed by atoms with Gasteiger partial charge in [0.05, 0.1) is 85.4 Å². The molecule has 0 unspecified atom stereocenters. The fourth-order valence-corrected chi connectivity index (χ4v) is 13.7. The summed E-state index contributed by atoms with van der Waals surface area (Å²) in [5, 5.41) is 29.5. The molecule has 22 nitrogen and oxygen atoms in total. The third-order valence-corrected chi connectivity index (χ3v) is 19.7. The van der Waals surface area contributed by atoms with E-state index in [1.165, 1.54) is 16.7 Å². The number of alkyl halides is 2. The molecule has 2 aromatic heterocycles. The van der Waals surface area contributed by atoms with Gasteiger partial charge in [-0.3, -0.25) is 19.5 Å². The van der Waals surface area contributed by atoms with Crippen LogP contribution in [0.25, 0.3) is 11.1 Å². The van der Waals surface area contributed by atoms with Crippen molar-refractivity contribution in [1.29, 1.82) is 0 Å². The van der Waals surface area contributed by atoms with Gasteiger partial charge < -0.3 is 67.2 Å². The number of ketones is 1. The standard InChI is InChI=1S/C61H92FIN6O16/c1-35-29-60(8,78-14)55(83-48-28-46(27-36(2)80-48)67(10)22-21-44-33-69(66-65-44)47(31-62)52(76-12)42-17-15-41(16-18-42)43-19-20-45(34-70)64-32-43)38(4)51(82-49-30-59(7,77-13)54(72)40(6)81-49)39(5)56(73)84-57(63)61(9)53(37(3)50(35)71)68(58(74)85-61)23-24-79-26-25-75-11/h15-20,32-33,35-40,46-49,51-55,57,70,72H,21-31,34H2,1-14H3/t35-,36-,37+,38+,39-,40+,46+,47-,48+,49+,51+,52-,53-,54+,55-,57+,59-,60-,61+/m1/s1. The smallest absolute Gasteiger partial charge is 0.411 e. The van der Waals surface area contributed by atoms with Gasteiger partial charge in [-0.15, -0.1) is 5.10 Å². The summed E-state index contributed by atoms with van der Waals surface area (Å²) >= 11 is 1.98. The number of methoxy groups -OCH3 is 4. The summed E-state index contributed by atoms with van der Waals surface area (Å²) in [6, 6.07) is 9.60. The van der Waals surface area contributed by atoms with Crippen molar-refractivity contribution in [2.45, 2.75) is 189 Å². The number of nitrogens with zero attached hydrogens (tertiary/aromatic N) is 6. The first-order valence-corrected chi connectivity index (χ1v) is 30.8. The minimum atomic E-state index is -1.48. The predicted octanol–water partition coefficient (Wildman–Crippen LogP) is 7.24. The molecule has 0 spiro atoms. The Labute approximate surface area is 513 Å². The highest BCUT2D eigenvalue weighted by molar-refractivity contribution is 14.1. The Morgan fingerprint density at radius 3 is 2.20 bits per heavy atom. The fourth-order valence-electron chi connectivity index (χ4n) is 13.0. The van der Waals surface area contributed by atoms with Crippen molar-refractivity contribution in [2.75, 3.05) is 75.1 Å². The average molecular weight is 1310 g/mol. The second kappa shape index (κ2) is 30.1. The number of rotatable bonds is 23. The molecule has 4 aliphatic heterocycles. The molecule has 6 heterocycles. The van der Waals surface area contributed by atoms with Crippen molar-refractivity contribution >= 4 is 40.4 Å². The van der Waals surface area contributed by atoms with E-state index < -0.39 is 119 Å². The third kappa shape index (κ3) is 15.8. The van der Waals surface area contributed by atoms with E-state index in [0.717, 1.165) is 16.7 Å². The first kappa shape index (κ1) is 68.6. The largest absolute Gasteiger partial charge is 0.447 e. The van der Waals surface area contributed by atoms with Crippen LogP contribution < -0.4 is 0 Å². The molecule has 4 fully saturated rings. The Morgan fingerprint density at radius 1 is 0.859 bits per heavy atom. The predicted molar refractivity (Wildman–Crippen MR) is 318 cm³/mol. The molecular formula is C61H92FIN6O16. The molecule has 24 heteroatoms. The average Bonchev–Trinajstić information content (AvgIpc) is 2.12. The molecule has 7 rings (SSSR count). The number of aliphatic hydroxyl groups is 2. The monoisotopic (exact) mass is 1310 g/mol. The number of cyclic esters (lactones) is 1. The van der Waals surface area contributed by atoms with Crippen LogP contribution in [0.2, 0.25) is 0 Å². The summed E-state index contributed by atoms with van der Waals surface area (Å²) < 4.78 is 84.6. The van der Waals surface area contributed by atoms with E-state index in [-0.39, 0.29) is 50.5 Å². The van der Waals surface area contributed by atoms with Crippen LogP contribution in [0.15, 0.2) is 48.8 Å². The summed E-state index contributed by atoms with van der Waals surface area (Å²) in [5.41, 5.74) is 0.00357. The third-order valence-electron chi connectivity index (χ3n) is 18.2. The van der Waals surface area contributed by atoms with Gasteiger partial charge in [0.25, 0.3) is 0 Å².